The van der Waals surface area contributed by atoms with E-state index in [2.05, 4.69) is 0 Å². The molecule has 0 aliphatic carbocycles. The summed E-state index contributed by atoms with van der Waals surface area (Å²) in [5, 5.41) is 0. The van der Waals surface area contributed by atoms with Crippen molar-refractivity contribution in [2.24, 2.45) is 0 Å². The summed E-state index contributed by atoms with van der Waals surface area (Å²) in [6, 6.07) is 18.4. The first-order valence-electron chi connectivity index (χ1n) is 6.19. The van der Waals surface area contributed by atoms with Gasteiger partial charge in [-0.3, -0.25) is 0 Å². The molecule has 5 heteroatoms. The molecule has 2 aromatic carbocycles. The molecular weight excluding hydrogens is 294 g/mol. The molecule has 1 heterocycles. The van der Waals surface area contributed by atoms with E-state index in [0.717, 1.165) is 11.1 Å². The monoisotopic (exact) mass is 306 g/mol. The molecule has 21 heavy (non-hydrogen) atoms. The van der Waals surface area contributed by atoms with Crippen LogP contribution in [0.15, 0.2) is 72.3 Å². The van der Waals surface area contributed by atoms with Gasteiger partial charge in [0, 0.05) is 52.3 Å². The van der Waals surface area contributed by atoms with Gasteiger partial charge in [-0.05, 0) is 0 Å². The van der Waals surface area contributed by atoms with Crippen LogP contribution < -0.4 is 4.89 Å². The zero-order valence-electron chi connectivity index (χ0n) is 11.6. The summed E-state index contributed by atoms with van der Waals surface area (Å²) in [6.45, 7) is 0. The smallest absolute Gasteiger partial charge is 0.137 e. The molecule has 101 valence electrons. The number of rotatable bonds is 2. The van der Waals surface area contributed by atoms with Crippen molar-refractivity contribution in [2.75, 3.05) is 0 Å². The maximum absolute atomic E-state index is 12.0. The third kappa shape index (κ3) is 3.97. The molecule has 0 bridgehead atoms. The van der Waals surface area contributed by atoms with Crippen LogP contribution in [0.5, 0.6) is 0 Å². The summed E-state index contributed by atoms with van der Waals surface area (Å²) in [5.74, 6) is 3.05. The zero-order valence-corrected chi connectivity index (χ0v) is 14.5. The van der Waals surface area contributed by atoms with E-state index in [0.29, 0.717) is 11.5 Å². The second-order valence-electron chi connectivity index (χ2n) is 4.47. The molecule has 2 aromatic rings. The normalized spacial score (nSPS) is 16.0. The van der Waals surface area contributed by atoms with E-state index in [4.69, 9.17) is 4.74 Å². The molecule has 1 aliphatic heterocycles. The van der Waals surface area contributed by atoms with Gasteiger partial charge >= 0.3 is 0 Å². The van der Waals surface area contributed by atoms with Gasteiger partial charge in [0.2, 0.25) is 0 Å². The molecule has 3 nitrogen and oxygen atoms in total. The first kappa shape index (κ1) is 16.3. The second-order valence-corrected chi connectivity index (χ2v) is 6.27. The molecule has 0 N–H and O–H groups in total. The van der Waals surface area contributed by atoms with Gasteiger partial charge in [0.15, 0.2) is 0 Å². The van der Waals surface area contributed by atoms with Gasteiger partial charge in [0.05, 0.1) is 7.37 Å². The minimum Gasteiger partial charge on any atom is -0.793 e. The summed E-state index contributed by atoms with van der Waals surface area (Å²) in [6.07, 6.45) is 0. The van der Waals surface area contributed by atoms with Gasteiger partial charge in [-0.15, -0.1) is 0 Å². The van der Waals surface area contributed by atoms with Crippen molar-refractivity contribution in [2.45, 2.75) is 0 Å². The molecule has 0 unspecified atom stereocenters. The van der Waals surface area contributed by atoms with Crippen LogP contribution in [0, 0.1) is 0 Å². The average Bonchev–Trinajstić information content (AvgIpc) is 2.47. The van der Waals surface area contributed by atoms with Crippen LogP contribution in [0.2, 0.25) is 0 Å². The van der Waals surface area contributed by atoms with E-state index < -0.39 is 7.37 Å². The van der Waals surface area contributed by atoms with E-state index in [9.17, 15) is 9.46 Å². The van der Waals surface area contributed by atoms with Crippen LogP contribution in [0.3, 0.4) is 0 Å². The van der Waals surface area contributed by atoms with Crippen molar-refractivity contribution in [3.8, 4) is 0 Å². The van der Waals surface area contributed by atoms with Crippen LogP contribution in [0.4, 0.5) is 0 Å². The molecule has 0 saturated heterocycles. The Kier molecular flexibility index (Phi) is 5.26. The third-order valence-corrected chi connectivity index (χ3v) is 4.12. The topological polar surface area (TPSA) is 49.4 Å². The van der Waals surface area contributed by atoms with Crippen LogP contribution in [-0.4, -0.2) is 29.6 Å². The molecule has 0 spiro atoms. The van der Waals surface area contributed by atoms with Crippen molar-refractivity contribution in [1.82, 2.24) is 0 Å². The number of ether oxygens (including phenoxy) is 1. The second kappa shape index (κ2) is 6.78. The number of benzene rings is 2. The van der Waals surface area contributed by atoms with Crippen LogP contribution in [-0.2, 0) is 9.30 Å². The molecule has 0 saturated carbocycles. The van der Waals surface area contributed by atoms with E-state index >= 15 is 0 Å². The first-order valence-corrected chi connectivity index (χ1v) is 7.95. The Labute approximate surface area is 145 Å². The van der Waals surface area contributed by atoms with Gasteiger partial charge in [-0.25, -0.2) is 0 Å². The van der Waals surface area contributed by atoms with Crippen LogP contribution >= 0.6 is 7.37 Å². The number of hydrogen-bond acceptors (Lipinski definition) is 3. The van der Waals surface area contributed by atoms with E-state index in [1.165, 1.54) is 11.6 Å². The van der Waals surface area contributed by atoms with Crippen molar-refractivity contribution < 1.29 is 14.2 Å². The van der Waals surface area contributed by atoms with Gasteiger partial charge in [-0.2, -0.15) is 0 Å². The Bertz CT molecular complexity index is 664. The summed E-state index contributed by atoms with van der Waals surface area (Å²) in [4.78, 5) is 12.0. The maximum Gasteiger partial charge on any atom is 0.137 e. The summed E-state index contributed by atoms with van der Waals surface area (Å²) in [5.41, 5.74) is 1.48. The van der Waals surface area contributed by atoms with Crippen molar-refractivity contribution >= 4 is 48.4 Å². The first-order chi connectivity index (χ1) is 9.64. The van der Waals surface area contributed by atoms with Gasteiger partial charge in [-0.1, -0.05) is 60.7 Å². The Morgan fingerprint density at radius 1 is 0.762 bits per heavy atom. The minimum atomic E-state index is -3.73. The molecule has 1 aliphatic rings. The SMILES string of the molecule is O=P1([O-])C=C(c2ccccc2)OC(c2ccccc2)=C1.[Na]. The van der Waals surface area contributed by atoms with E-state index in [1.807, 2.05) is 60.7 Å². The van der Waals surface area contributed by atoms with Crippen LogP contribution in [0.1, 0.15) is 11.1 Å². The van der Waals surface area contributed by atoms with Gasteiger partial charge < -0.3 is 14.2 Å². The molecular formula is C16H12NaO3P-. The molecule has 3 rings (SSSR count). The molecule has 0 aromatic heterocycles. The Morgan fingerprint density at radius 2 is 1.14 bits per heavy atom. The van der Waals surface area contributed by atoms with E-state index in [1.54, 1.807) is 0 Å². The standard InChI is InChI=1S/C16H13O3P.Na/c17-20(18)11-15(13-7-3-1-4-8-13)19-16(12-20)14-9-5-2-6-10-14;/h1-12H,(H,17,18);/p-1. The summed E-state index contributed by atoms with van der Waals surface area (Å²) in [7, 11) is -3.73. The Hall–Kier alpha value is -1.09. The maximum atomic E-state index is 12.0. The molecule has 1 radical (unpaired) electrons. The molecule has 0 amide bonds. The largest absolute Gasteiger partial charge is 0.793 e. The van der Waals surface area contributed by atoms with Crippen molar-refractivity contribution in [3.63, 3.8) is 0 Å². The summed E-state index contributed by atoms with van der Waals surface area (Å²) >= 11 is 0. The molecule has 0 atom stereocenters. The number of hydrogen-bond donors (Lipinski definition) is 0. The van der Waals surface area contributed by atoms with Gasteiger partial charge in [0.25, 0.3) is 0 Å². The third-order valence-electron chi connectivity index (χ3n) is 2.93. The van der Waals surface area contributed by atoms with Gasteiger partial charge in [0.1, 0.15) is 11.5 Å². The van der Waals surface area contributed by atoms with Crippen molar-refractivity contribution in [3.05, 3.63) is 83.4 Å². The fraction of sp³-hybridized carbons (Fsp3) is 0. The predicted octanol–water partition coefficient (Wildman–Crippen LogP) is 3.27. The summed E-state index contributed by atoms with van der Waals surface area (Å²) < 4.78 is 17.8. The predicted molar refractivity (Wildman–Crippen MR) is 83.3 cm³/mol. The Balaban J connectivity index is 0.00000161. The van der Waals surface area contributed by atoms with E-state index in [-0.39, 0.29) is 29.6 Å². The quantitative estimate of drug-likeness (QED) is 0.632. The fourth-order valence-corrected chi connectivity index (χ4v) is 3.14. The minimum absolute atomic E-state index is 0. The fourth-order valence-electron chi connectivity index (χ4n) is 2.01. The van der Waals surface area contributed by atoms with Crippen molar-refractivity contribution in [1.29, 1.82) is 0 Å². The molecule has 0 fully saturated rings. The Morgan fingerprint density at radius 3 is 1.52 bits per heavy atom. The zero-order chi connectivity index (χ0) is 14.0. The average molecular weight is 306 g/mol. The van der Waals surface area contributed by atoms with Crippen LogP contribution in [0.25, 0.3) is 11.5 Å².